The molecule has 0 radical (unpaired) electrons. The van der Waals surface area contributed by atoms with Crippen molar-refractivity contribution in [2.24, 2.45) is 0 Å². The summed E-state index contributed by atoms with van der Waals surface area (Å²) in [6.45, 7) is 8.09. The monoisotopic (exact) mass is 340 g/mol. The van der Waals surface area contributed by atoms with Gasteiger partial charge in [-0.05, 0) is 62.0 Å². The van der Waals surface area contributed by atoms with E-state index in [1.807, 2.05) is 70.2 Å². The molecule has 132 valence electrons. The Morgan fingerprint density at radius 1 is 0.960 bits per heavy atom. The van der Waals surface area contributed by atoms with Crippen LogP contribution in [0.4, 0.5) is 0 Å². The normalized spacial score (nSPS) is 18.4. The number of aliphatic hydroxyl groups is 1. The molecule has 1 saturated heterocycles. The molecule has 0 aliphatic carbocycles. The Bertz CT molecular complexity index is 737. The van der Waals surface area contributed by atoms with Crippen molar-refractivity contribution in [2.75, 3.05) is 7.11 Å². The summed E-state index contributed by atoms with van der Waals surface area (Å²) in [4.78, 5) is 0. The zero-order valence-electron chi connectivity index (χ0n) is 15.5. The molecular weight excluding hydrogens is 315 g/mol. The first kappa shape index (κ1) is 18.0. The van der Waals surface area contributed by atoms with Crippen molar-refractivity contribution in [1.29, 1.82) is 0 Å². The van der Waals surface area contributed by atoms with E-state index in [-0.39, 0.29) is 17.8 Å². The minimum atomic E-state index is -0.430. The number of aliphatic hydroxyl groups excluding tert-OH is 1. The Morgan fingerprint density at radius 3 is 2.08 bits per heavy atom. The van der Waals surface area contributed by atoms with Gasteiger partial charge in [-0.3, -0.25) is 0 Å². The number of ether oxygens (including phenoxy) is 1. The minimum absolute atomic E-state index is 0.0469. The van der Waals surface area contributed by atoms with Gasteiger partial charge in [0.05, 0.1) is 24.9 Å². The van der Waals surface area contributed by atoms with Gasteiger partial charge < -0.3 is 19.2 Å². The zero-order valence-corrected chi connectivity index (χ0v) is 15.5. The maximum absolute atomic E-state index is 9.85. The third kappa shape index (κ3) is 3.32. The molecule has 0 spiro atoms. The van der Waals surface area contributed by atoms with Crippen LogP contribution in [0.1, 0.15) is 33.3 Å². The number of hydrogen-bond donors (Lipinski definition) is 1. The molecule has 0 unspecified atom stereocenters. The second kappa shape index (κ2) is 6.48. The Labute approximate surface area is 149 Å². The molecule has 3 rings (SSSR count). The van der Waals surface area contributed by atoms with Crippen molar-refractivity contribution in [2.45, 2.75) is 45.5 Å². The first-order valence-electron chi connectivity index (χ1n) is 8.51. The van der Waals surface area contributed by atoms with Crippen molar-refractivity contribution in [3.8, 4) is 16.9 Å². The van der Waals surface area contributed by atoms with E-state index >= 15 is 0 Å². The van der Waals surface area contributed by atoms with E-state index in [1.165, 1.54) is 0 Å². The average Bonchev–Trinajstić information content (AvgIpc) is 2.82. The molecule has 2 aromatic carbocycles. The van der Waals surface area contributed by atoms with Crippen molar-refractivity contribution >= 4 is 12.6 Å². The van der Waals surface area contributed by atoms with E-state index in [2.05, 4.69) is 0 Å². The van der Waals surface area contributed by atoms with Crippen molar-refractivity contribution < 1.29 is 19.2 Å². The summed E-state index contributed by atoms with van der Waals surface area (Å²) in [7, 11) is 1.22. The van der Waals surface area contributed by atoms with Gasteiger partial charge in [-0.15, -0.1) is 0 Å². The fourth-order valence-electron chi connectivity index (χ4n) is 2.92. The van der Waals surface area contributed by atoms with Crippen LogP contribution in [-0.2, 0) is 15.9 Å². The van der Waals surface area contributed by atoms with Crippen LogP contribution in [0.2, 0.25) is 0 Å². The van der Waals surface area contributed by atoms with Crippen LogP contribution in [0.5, 0.6) is 5.75 Å². The predicted molar refractivity (Wildman–Crippen MR) is 100 cm³/mol. The van der Waals surface area contributed by atoms with Crippen LogP contribution in [0.3, 0.4) is 0 Å². The van der Waals surface area contributed by atoms with Crippen LogP contribution in [0.15, 0.2) is 42.5 Å². The molecule has 1 fully saturated rings. The first-order valence-corrected chi connectivity index (χ1v) is 8.51. The molecule has 5 heteroatoms. The quantitative estimate of drug-likeness (QED) is 0.869. The summed E-state index contributed by atoms with van der Waals surface area (Å²) < 4.78 is 17.4. The molecule has 1 heterocycles. The molecule has 1 N–H and O–H groups in total. The highest BCUT2D eigenvalue weighted by Gasteiger charge is 2.51. The number of rotatable bonds is 4. The van der Waals surface area contributed by atoms with E-state index in [1.54, 1.807) is 7.11 Å². The lowest BCUT2D eigenvalue weighted by atomic mass is 9.77. The van der Waals surface area contributed by atoms with Crippen LogP contribution >= 0.6 is 0 Å². The van der Waals surface area contributed by atoms with Gasteiger partial charge in [-0.25, -0.2) is 0 Å². The van der Waals surface area contributed by atoms with Crippen molar-refractivity contribution in [3.05, 3.63) is 48.0 Å². The fraction of sp³-hybridized carbons (Fsp3) is 0.400. The second-order valence-electron chi connectivity index (χ2n) is 7.39. The highest BCUT2D eigenvalue weighted by molar-refractivity contribution is 6.62. The van der Waals surface area contributed by atoms with Gasteiger partial charge in [0, 0.05) is 0 Å². The third-order valence-electron chi connectivity index (χ3n) is 5.23. The summed E-state index contributed by atoms with van der Waals surface area (Å²) in [5, 5.41) is 9.85. The molecule has 0 saturated carbocycles. The third-order valence-corrected chi connectivity index (χ3v) is 5.23. The first-order chi connectivity index (χ1) is 11.8. The Hall–Kier alpha value is -1.82. The lowest BCUT2D eigenvalue weighted by molar-refractivity contribution is 0.00578. The van der Waals surface area contributed by atoms with Crippen LogP contribution in [-0.4, -0.2) is 30.5 Å². The zero-order chi connectivity index (χ0) is 18.2. The van der Waals surface area contributed by atoms with E-state index < -0.39 is 7.12 Å². The number of methoxy groups -OCH3 is 1. The maximum atomic E-state index is 9.85. The maximum Gasteiger partial charge on any atom is 0.494 e. The lowest BCUT2D eigenvalue weighted by Gasteiger charge is -2.32. The second-order valence-corrected chi connectivity index (χ2v) is 7.39. The molecule has 4 nitrogen and oxygen atoms in total. The highest BCUT2D eigenvalue weighted by Crippen LogP contribution is 2.36. The lowest BCUT2D eigenvalue weighted by Crippen LogP contribution is -2.41. The summed E-state index contributed by atoms with van der Waals surface area (Å²) in [6, 6.07) is 13.8. The van der Waals surface area contributed by atoms with E-state index in [0.717, 1.165) is 27.9 Å². The molecule has 0 aromatic heterocycles. The summed E-state index contributed by atoms with van der Waals surface area (Å²) in [6.07, 6.45) is 0. The van der Waals surface area contributed by atoms with Gasteiger partial charge in [0.1, 0.15) is 5.75 Å². The van der Waals surface area contributed by atoms with Crippen molar-refractivity contribution in [1.82, 2.24) is 0 Å². The van der Waals surface area contributed by atoms with Gasteiger partial charge in [0.2, 0.25) is 0 Å². The van der Waals surface area contributed by atoms with Crippen LogP contribution in [0.25, 0.3) is 11.1 Å². The summed E-state index contributed by atoms with van der Waals surface area (Å²) in [5.41, 5.74) is 3.02. The summed E-state index contributed by atoms with van der Waals surface area (Å²) >= 11 is 0. The Balaban J connectivity index is 1.92. The van der Waals surface area contributed by atoms with Crippen LogP contribution < -0.4 is 10.2 Å². The Morgan fingerprint density at radius 2 is 1.56 bits per heavy atom. The van der Waals surface area contributed by atoms with E-state index in [0.29, 0.717) is 0 Å². The van der Waals surface area contributed by atoms with Gasteiger partial charge in [0.25, 0.3) is 0 Å². The van der Waals surface area contributed by atoms with Gasteiger partial charge in [-0.2, -0.15) is 0 Å². The summed E-state index contributed by atoms with van der Waals surface area (Å²) in [5.74, 6) is 0.808. The highest BCUT2D eigenvalue weighted by atomic mass is 16.7. The SMILES string of the molecule is COc1ccc(-c2ccc(B3OC(C)(C)C(C)(C)O3)cc2CO)cc1. The van der Waals surface area contributed by atoms with Crippen molar-refractivity contribution in [3.63, 3.8) is 0 Å². The molecule has 0 atom stereocenters. The molecule has 1 aliphatic rings. The molecule has 2 aromatic rings. The molecular formula is C20H25BO4. The van der Waals surface area contributed by atoms with E-state index in [4.69, 9.17) is 14.0 Å². The minimum Gasteiger partial charge on any atom is -0.497 e. The topological polar surface area (TPSA) is 47.9 Å². The molecule has 0 bridgehead atoms. The van der Waals surface area contributed by atoms with E-state index in [9.17, 15) is 5.11 Å². The standard InChI is InChI=1S/C20H25BO4/c1-19(2)20(3,4)25-21(24-19)16-8-11-18(15(12-16)13-22)14-6-9-17(23-5)10-7-14/h6-12,22H,13H2,1-5H3. The van der Waals surface area contributed by atoms with Crippen LogP contribution in [0, 0.1) is 0 Å². The smallest absolute Gasteiger partial charge is 0.494 e. The van der Waals surface area contributed by atoms with Gasteiger partial charge in [0.15, 0.2) is 0 Å². The van der Waals surface area contributed by atoms with Gasteiger partial charge >= 0.3 is 7.12 Å². The fourth-order valence-corrected chi connectivity index (χ4v) is 2.92. The number of hydrogen-bond acceptors (Lipinski definition) is 4. The number of benzene rings is 2. The largest absolute Gasteiger partial charge is 0.497 e. The van der Waals surface area contributed by atoms with Gasteiger partial charge in [-0.1, -0.05) is 30.3 Å². The molecule has 25 heavy (non-hydrogen) atoms. The Kier molecular flexibility index (Phi) is 4.67. The predicted octanol–water partition coefficient (Wildman–Crippen LogP) is 3.15. The average molecular weight is 340 g/mol. The molecule has 0 amide bonds. The molecule has 1 aliphatic heterocycles.